The third kappa shape index (κ3) is 5.44. The highest BCUT2D eigenvalue weighted by atomic mass is 19.1. The van der Waals surface area contributed by atoms with Gasteiger partial charge in [-0.25, -0.2) is 9.18 Å². The average molecular weight is 364 g/mol. The first kappa shape index (κ1) is 20.2. The van der Waals surface area contributed by atoms with Crippen LogP contribution in [0.2, 0.25) is 0 Å². The van der Waals surface area contributed by atoms with Crippen molar-refractivity contribution in [2.45, 2.75) is 46.1 Å². The maximum atomic E-state index is 13.7. The first-order valence-corrected chi connectivity index (χ1v) is 9.06. The maximum absolute atomic E-state index is 13.7. The highest BCUT2D eigenvalue weighted by Gasteiger charge is 2.27. The molecule has 1 aliphatic rings. The van der Waals surface area contributed by atoms with E-state index in [1.54, 1.807) is 35.9 Å². The molecule has 0 radical (unpaired) electrons. The Morgan fingerprint density at radius 2 is 1.88 bits per heavy atom. The van der Waals surface area contributed by atoms with E-state index in [4.69, 9.17) is 4.74 Å². The largest absolute Gasteiger partial charge is 0.444 e. The van der Waals surface area contributed by atoms with E-state index in [9.17, 15) is 14.0 Å². The summed E-state index contributed by atoms with van der Waals surface area (Å²) in [5, 5.41) is 0. The topological polar surface area (TPSA) is 49.9 Å². The standard InChI is InChI=1S/C20H29FN2O3/c1-14-6-7-16(12-17(14)21)18(24)23-10-8-15(9-11-23)13-22(5)19(25)26-20(2,3)4/h6-7,12,15H,8-11,13H2,1-5H3. The normalized spacial score (nSPS) is 15.7. The Hall–Kier alpha value is -2.11. The molecule has 144 valence electrons. The Bertz CT molecular complexity index is 662. The first-order valence-electron chi connectivity index (χ1n) is 9.06. The smallest absolute Gasteiger partial charge is 0.410 e. The summed E-state index contributed by atoms with van der Waals surface area (Å²) >= 11 is 0. The fraction of sp³-hybridized carbons (Fsp3) is 0.600. The van der Waals surface area contributed by atoms with Crippen molar-refractivity contribution in [3.63, 3.8) is 0 Å². The number of halogens is 1. The Labute approximate surface area is 155 Å². The van der Waals surface area contributed by atoms with Crippen molar-refractivity contribution in [1.82, 2.24) is 9.80 Å². The van der Waals surface area contributed by atoms with Crippen LogP contribution in [0, 0.1) is 18.7 Å². The number of likely N-dealkylation sites (tertiary alicyclic amines) is 1. The number of nitrogens with zero attached hydrogens (tertiary/aromatic N) is 2. The zero-order valence-corrected chi connectivity index (χ0v) is 16.3. The summed E-state index contributed by atoms with van der Waals surface area (Å²) in [5.41, 5.74) is 0.410. The number of piperidine rings is 1. The number of amides is 2. The van der Waals surface area contributed by atoms with Crippen molar-refractivity contribution in [3.8, 4) is 0 Å². The summed E-state index contributed by atoms with van der Waals surface area (Å²) in [6, 6.07) is 4.61. The molecule has 0 saturated carbocycles. The van der Waals surface area contributed by atoms with Gasteiger partial charge in [-0.1, -0.05) is 6.07 Å². The number of hydrogen-bond acceptors (Lipinski definition) is 3. The minimum atomic E-state index is -0.509. The first-order chi connectivity index (χ1) is 12.1. The van der Waals surface area contributed by atoms with Gasteiger partial charge in [0.15, 0.2) is 0 Å². The second kappa shape index (κ2) is 8.06. The molecule has 1 heterocycles. The minimum Gasteiger partial charge on any atom is -0.444 e. The van der Waals surface area contributed by atoms with Crippen molar-refractivity contribution < 1.29 is 18.7 Å². The Kier molecular flexibility index (Phi) is 6.26. The summed E-state index contributed by atoms with van der Waals surface area (Å²) in [7, 11) is 1.74. The van der Waals surface area contributed by atoms with Gasteiger partial charge in [-0.05, 0) is 64.2 Å². The highest BCUT2D eigenvalue weighted by Crippen LogP contribution is 2.21. The van der Waals surface area contributed by atoms with Crippen LogP contribution in [-0.4, -0.2) is 54.1 Å². The maximum Gasteiger partial charge on any atom is 0.410 e. The van der Waals surface area contributed by atoms with E-state index in [1.807, 2.05) is 20.8 Å². The van der Waals surface area contributed by atoms with Gasteiger partial charge in [-0.3, -0.25) is 4.79 Å². The highest BCUT2D eigenvalue weighted by molar-refractivity contribution is 5.94. The van der Waals surface area contributed by atoms with E-state index in [1.165, 1.54) is 6.07 Å². The number of aryl methyl sites for hydroxylation is 1. The summed E-state index contributed by atoms with van der Waals surface area (Å²) in [4.78, 5) is 27.9. The number of rotatable bonds is 3. The number of hydrogen-bond donors (Lipinski definition) is 0. The lowest BCUT2D eigenvalue weighted by molar-refractivity contribution is 0.0246. The number of carbonyl (C=O) groups excluding carboxylic acids is 2. The van der Waals surface area contributed by atoms with E-state index in [-0.39, 0.29) is 17.8 Å². The SMILES string of the molecule is Cc1ccc(C(=O)N2CCC(CN(C)C(=O)OC(C)(C)C)CC2)cc1F. The van der Waals surface area contributed by atoms with E-state index in [2.05, 4.69) is 0 Å². The fourth-order valence-corrected chi connectivity index (χ4v) is 3.03. The van der Waals surface area contributed by atoms with Gasteiger partial charge in [0, 0.05) is 32.2 Å². The Morgan fingerprint density at radius 3 is 2.42 bits per heavy atom. The third-order valence-electron chi connectivity index (χ3n) is 4.56. The van der Waals surface area contributed by atoms with Gasteiger partial charge in [0.2, 0.25) is 0 Å². The van der Waals surface area contributed by atoms with Gasteiger partial charge in [0.05, 0.1) is 0 Å². The molecule has 0 atom stereocenters. The lowest BCUT2D eigenvalue weighted by Gasteiger charge is -2.34. The second-order valence-electron chi connectivity index (χ2n) is 8.06. The van der Waals surface area contributed by atoms with E-state index >= 15 is 0 Å². The van der Waals surface area contributed by atoms with Crippen molar-refractivity contribution in [2.75, 3.05) is 26.7 Å². The van der Waals surface area contributed by atoms with Crippen molar-refractivity contribution in [3.05, 3.63) is 35.1 Å². The van der Waals surface area contributed by atoms with E-state index in [0.717, 1.165) is 12.8 Å². The molecule has 1 saturated heterocycles. The third-order valence-corrected chi connectivity index (χ3v) is 4.56. The van der Waals surface area contributed by atoms with Crippen LogP contribution in [0.3, 0.4) is 0 Å². The molecule has 5 nitrogen and oxygen atoms in total. The molecule has 6 heteroatoms. The second-order valence-corrected chi connectivity index (χ2v) is 8.06. The van der Waals surface area contributed by atoms with Crippen LogP contribution in [-0.2, 0) is 4.74 Å². The zero-order chi connectivity index (χ0) is 19.5. The van der Waals surface area contributed by atoms with E-state index < -0.39 is 5.60 Å². The van der Waals surface area contributed by atoms with E-state index in [0.29, 0.717) is 36.7 Å². The molecular formula is C20H29FN2O3. The summed E-state index contributed by atoms with van der Waals surface area (Å²) in [6.07, 6.45) is 1.30. The van der Waals surface area contributed by atoms with Crippen LogP contribution < -0.4 is 0 Å². The molecule has 26 heavy (non-hydrogen) atoms. The van der Waals surface area contributed by atoms with Crippen LogP contribution in [0.5, 0.6) is 0 Å². The quantitative estimate of drug-likeness (QED) is 0.818. The molecule has 1 fully saturated rings. The number of benzene rings is 1. The monoisotopic (exact) mass is 364 g/mol. The lowest BCUT2D eigenvalue weighted by atomic mass is 9.95. The molecule has 2 amide bonds. The fourth-order valence-electron chi connectivity index (χ4n) is 3.03. The average Bonchev–Trinajstić information content (AvgIpc) is 2.56. The number of ether oxygens (including phenoxy) is 1. The van der Waals surface area contributed by atoms with Crippen LogP contribution in [0.1, 0.15) is 49.5 Å². The molecule has 1 aromatic rings. The van der Waals surface area contributed by atoms with Gasteiger partial charge in [0.25, 0.3) is 5.91 Å². The molecule has 0 unspecified atom stereocenters. The van der Waals surface area contributed by atoms with Crippen molar-refractivity contribution >= 4 is 12.0 Å². The zero-order valence-electron chi connectivity index (χ0n) is 16.3. The number of carbonyl (C=O) groups is 2. The van der Waals surface area contributed by atoms with Gasteiger partial charge in [0.1, 0.15) is 11.4 Å². The molecule has 1 aliphatic heterocycles. The van der Waals surface area contributed by atoms with Crippen LogP contribution in [0.4, 0.5) is 9.18 Å². The molecule has 0 N–H and O–H groups in total. The molecule has 0 aliphatic carbocycles. The molecule has 0 spiro atoms. The van der Waals surface area contributed by atoms with Gasteiger partial charge in [-0.2, -0.15) is 0 Å². The Balaban J connectivity index is 1.85. The molecular weight excluding hydrogens is 335 g/mol. The summed E-state index contributed by atoms with van der Waals surface area (Å²) in [5.74, 6) is -0.168. The van der Waals surface area contributed by atoms with Crippen molar-refractivity contribution in [1.29, 1.82) is 0 Å². The van der Waals surface area contributed by atoms with Crippen LogP contribution >= 0.6 is 0 Å². The predicted molar refractivity (Wildman–Crippen MR) is 98.6 cm³/mol. The lowest BCUT2D eigenvalue weighted by Crippen LogP contribution is -2.43. The van der Waals surface area contributed by atoms with Crippen LogP contribution in [0.25, 0.3) is 0 Å². The summed E-state index contributed by atoms with van der Waals surface area (Å²) < 4.78 is 19.1. The van der Waals surface area contributed by atoms with Gasteiger partial charge >= 0.3 is 6.09 Å². The predicted octanol–water partition coefficient (Wildman–Crippen LogP) is 3.85. The molecule has 1 aromatic carbocycles. The minimum absolute atomic E-state index is 0.136. The van der Waals surface area contributed by atoms with Crippen LogP contribution in [0.15, 0.2) is 18.2 Å². The molecule has 2 rings (SSSR count). The molecule has 0 bridgehead atoms. The Morgan fingerprint density at radius 1 is 1.27 bits per heavy atom. The molecule has 0 aromatic heterocycles. The summed E-state index contributed by atoms with van der Waals surface area (Å²) in [6.45, 7) is 9.04. The van der Waals surface area contributed by atoms with Gasteiger partial charge < -0.3 is 14.5 Å². The van der Waals surface area contributed by atoms with Gasteiger partial charge in [-0.15, -0.1) is 0 Å². The van der Waals surface area contributed by atoms with Crippen molar-refractivity contribution in [2.24, 2.45) is 5.92 Å².